The molecule has 0 aliphatic carbocycles. The Kier molecular flexibility index (Phi) is 3.92. The minimum absolute atomic E-state index is 0.221. The van der Waals surface area contributed by atoms with Crippen LogP contribution in [0.25, 0.3) is 0 Å². The maximum atomic E-state index is 9.44. The average molecular weight is 320 g/mol. The van der Waals surface area contributed by atoms with Gasteiger partial charge in [-0.1, -0.05) is 35.3 Å². The van der Waals surface area contributed by atoms with Gasteiger partial charge in [-0.05, 0) is 41.8 Å². The molecule has 106 valence electrons. The van der Waals surface area contributed by atoms with Gasteiger partial charge >= 0.3 is 0 Å². The normalized spacial score (nSPS) is 13.8. The molecule has 0 amide bonds. The lowest BCUT2D eigenvalue weighted by Crippen LogP contribution is -2.01. The molecule has 1 heterocycles. The van der Waals surface area contributed by atoms with Crippen molar-refractivity contribution >= 4 is 23.2 Å². The van der Waals surface area contributed by atoms with Gasteiger partial charge in [0, 0.05) is 10.0 Å². The summed E-state index contributed by atoms with van der Waals surface area (Å²) in [6.45, 7) is 0.221. The maximum Gasteiger partial charge on any atom is 0.231 e. The molecule has 3 nitrogen and oxygen atoms in total. The molecule has 3 rings (SSSR count). The van der Waals surface area contributed by atoms with Gasteiger partial charge in [0.1, 0.15) is 0 Å². The first-order chi connectivity index (χ1) is 10.2. The molecule has 21 heavy (non-hydrogen) atoms. The van der Waals surface area contributed by atoms with Crippen LogP contribution in [0.1, 0.15) is 17.0 Å². The van der Waals surface area contributed by atoms with Crippen molar-refractivity contribution in [1.29, 1.82) is 5.26 Å². The number of fused-ring (bicyclic) bond motifs is 1. The van der Waals surface area contributed by atoms with Crippen molar-refractivity contribution in [1.82, 2.24) is 0 Å². The van der Waals surface area contributed by atoms with Gasteiger partial charge in [0.25, 0.3) is 0 Å². The number of hydrogen-bond acceptors (Lipinski definition) is 3. The van der Waals surface area contributed by atoms with Crippen LogP contribution in [0, 0.1) is 11.3 Å². The molecular weight excluding hydrogens is 309 g/mol. The van der Waals surface area contributed by atoms with Crippen molar-refractivity contribution in [3.8, 4) is 17.6 Å². The van der Waals surface area contributed by atoms with Crippen molar-refractivity contribution in [2.24, 2.45) is 0 Å². The van der Waals surface area contributed by atoms with E-state index in [0.29, 0.717) is 28.0 Å². The fraction of sp³-hybridized carbons (Fsp3) is 0.188. The topological polar surface area (TPSA) is 42.2 Å². The van der Waals surface area contributed by atoms with E-state index < -0.39 is 0 Å². The van der Waals surface area contributed by atoms with Crippen molar-refractivity contribution < 1.29 is 9.47 Å². The van der Waals surface area contributed by atoms with Gasteiger partial charge in [-0.3, -0.25) is 0 Å². The Labute approximate surface area is 132 Å². The van der Waals surface area contributed by atoms with Crippen molar-refractivity contribution in [3.63, 3.8) is 0 Å². The second kappa shape index (κ2) is 5.85. The number of ether oxygens (including phenoxy) is 2. The van der Waals surface area contributed by atoms with Crippen LogP contribution in [-0.2, 0) is 6.42 Å². The zero-order chi connectivity index (χ0) is 14.8. The molecule has 0 radical (unpaired) electrons. The zero-order valence-electron chi connectivity index (χ0n) is 11.0. The van der Waals surface area contributed by atoms with Gasteiger partial charge in [-0.15, -0.1) is 0 Å². The Morgan fingerprint density at radius 2 is 1.90 bits per heavy atom. The van der Waals surface area contributed by atoms with Gasteiger partial charge < -0.3 is 9.47 Å². The number of nitriles is 1. The van der Waals surface area contributed by atoms with Gasteiger partial charge in [0.2, 0.25) is 6.79 Å². The molecule has 0 saturated carbocycles. The van der Waals surface area contributed by atoms with Crippen LogP contribution >= 0.6 is 23.2 Å². The van der Waals surface area contributed by atoms with Crippen molar-refractivity contribution in [3.05, 3.63) is 57.6 Å². The number of hydrogen-bond donors (Lipinski definition) is 0. The Balaban J connectivity index is 1.87. The lowest BCUT2D eigenvalue weighted by atomic mass is 9.93. The summed E-state index contributed by atoms with van der Waals surface area (Å²) in [4.78, 5) is 0. The first-order valence-electron chi connectivity index (χ1n) is 6.40. The maximum absolute atomic E-state index is 9.44. The summed E-state index contributed by atoms with van der Waals surface area (Å²) in [7, 11) is 0. The molecule has 2 aromatic rings. The molecular formula is C16H11Cl2NO2. The molecule has 1 atom stereocenters. The third-order valence-electron chi connectivity index (χ3n) is 3.39. The van der Waals surface area contributed by atoms with E-state index >= 15 is 0 Å². The Bertz CT molecular complexity index is 725. The third-order valence-corrected chi connectivity index (χ3v) is 3.98. The van der Waals surface area contributed by atoms with E-state index in [0.717, 1.165) is 11.1 Å². The molecule has 0 N–H and O–H groups in total. The second-order valence-corrected chi connectivity index (χ2v) is 5.58. The standard InChI is InChI=1S/C16H11Cl2NO2/c17-13-3-1-11(14(18)7-13)5-12(8-19)10-2-4-15-16(6-10)21-9-20-15/h1-4,6-7,12H,5,9H2. The molecule has 0 fully saturated rings. The van der Waals surface area contributed by atoms with E-state index in [4.69, 9.17) is 32.7 Å². The summed E-state index contributed by atoms with van der Waals surface area (Å²) in [5.41, 5.74) is 1.78. The highest BCUT2D eigenvalue weighted by molar-refractivity contribution is 6.35. The molecule has 0 aromatic heterocycles. The SMILES string of the molecule is N#CC(Cc1ccc(Cl)cc1Cl)c1ccc2c(c1)OCO2. The summed E-state index contributed by atoms with van der Waals surface area (Å²) >= 11 is 12.1. The molecule has 0 saturated heterocycles. The molecule has 0 bridgehead atoms. The first kappa shape index (κ1) is 14.1. The lowest BCUT2D eigenvalue weighted by Gasteiger charge is -2.12. The number of rotatable bonds is 3. The first-order valence-corrected chi connectivity index (χ1v) is 7.16. The zero-order valence-corrected chi connectivity index (χ0v) is 12.5. The minimum Gasteiger partial charge on any atom is -0.454 e. The molecule has 2 aromatic carbocycles. The van der Waals surface area contributed by atoms with Crippen LogP contribution in [0.5, 0.6) is 11.5 Å². The quantitative estimate of drug-likeness (QED) is 0.832. The van der Waals surface area contributed by atoms with Crippen LogP contribution in [0.3, 0.4) is 0 Å². The van der Waals surface area contributed by atoms with Crippen LogP contribution in [0.4, 0.5) is 0 Å². The highest BCUT2D eigenvalue weighted by atomic mass is 35.5. The Hall–Kier alpha value is -1.89. The van der Waals surface area contributed by atoms with Crippen LogP contribution < -0.4 is 9.47 Å². The van der Waals surface area contributed by atoms with E-state index in [9.17, 15) is 5.26 Å². The predicted molar refractivity (Wildman–Crippen MR) is 81.1 cm³/mol. The van der Waals surface area contributed by atoms with E-state index in [2.05, 4.69) is 6.07 Å². The molecule has 1 aliphatic rings. The van der Waals surface area contributed by atoms with E-state index in [1.165, 1.54) is 0 Å². The van der Waals surface area contributed by atoms with Crippen LogP contribution in [-0.4, -0.2) is 6.79 Å². The number of benzene rings is 2. The fourth-order valence-corrected chi connectivity index (χ4v) is 2.76. The predicted octanol–water partition coefficient (Wildman–Crippen LogP) is 4.57. The monoisotopic (exact) mass is 319 g/mol. The lowest BCUT2D eigenvalue weighted by molar-refractivity contribution is 0.174. The van der Waals surface area contributed by atoms with Gasteiger partial charge in [-0.25, -0.2) is 0 Å². The molecule has 1 unspecified atom stereocenters. The summed E-state index contributed by atoms with van der Waals surface area (Å²) in [5, 5.41) is 10.6. The summed E-state index contributed by atoms with van der Waals surface area (Å²) < 4.78 is 10.6. The fourth-order valence-electron chi connectivity index (χ4n) is 2.28. The van der Waals surface area contributed by atoms with Crippen LogP contribution in [0.15, 0.2) is 36.4 Å². The molecule has 0 spiro atoms. The Morgan fingerprint density at radius 3 is 2.67 bits per heavy atom. The van der Waals surface area contributed by atoms with Gasteiger partial charge in [0.05, 0.1) is 12.0 Å². The summed E-state index contributed by atoms with van der Waals surface area (Å²) in [6.07, 6.45) is 0.520. The third kappa shape index (κ3) is 2.92. The Morgan fingerprint density at radius 1 is 1.10 bits per heavy atom. The van der Waals surface area contributed by atoms with Crippen molar-refractivity contribution in [2.75, 3.05) is 6.79 Å². The largest absolute Gasteiger partial charge is 0.454 e. The van der Waals surface area contributed by atoms with Gasteiger partial charge in [-0.2, -0.15) is 5.26 Å². The van der Waals surface area contributed by atoms with Crippen molar-refractivity contribution in [2.45, 2.75) is 12.3 Å². The minimum atomic E-state index is -0.307. The second-order valence-electron chi connectivity index (χ2n) is 4.73. The van der Waals surface area contributed by atoms with E-state index in [-0.39, 0.29) is 12.7 Å². The summed E-state index contributed by atoms with van der Waals surface area (Å²) in [5.74, 6) is 1.08. The highest BCUT2D eigenvalue weighted by Crippen LogP contribution is 2.36. The number of halogens is 2. The molecule has 5 heteroatoms. The number of nitrogens with zero attached hydrogens (tertiary/aromatic N) is 1. The van der Waals surface area contributed by atoms with Crippen LogP contribution in [0.2, 0.25) is 10.0 Å². The summed E-state index contributed by atoms with van der Waals surface area (Å²) in [6, 6.07) is 13.2. The van der Waals surface area contributed by atoms with E-state index in [1.54, 1.807) is 12.1 Å². The highest BCUT2D eigenvalue weighted by Gasteiger charge is 2.19. The molecule has 1 aliphatic heterocycles. The van der Waals surface area contributed by atoms with Gasteiger partial charge in [0.15, 0.2) is 11.5 Å². The van der Waals surface area contributed by atoms with E-state index in [1.807, 2.05) is 24.3 Å². The average Bonchev–Trinajstić information content (AvgIpc) is 2.94. The smallest absolute Gasteiger partial charge is 0.231 e.